The molecule has 1 aliphatic carbocycles. The van der Waals surface area contributed by atoms with Crippen LogP contribution in [0.4, 0.5) is 0 Å². The minimum Gasteiger partial charge on any atom is -0.355 e. The number of aromatic nitrogens is 3. The van der Waals surface area contributed by atoms with Crippen molar-refractivity contribution in [2.75, 3.05) is 13.6 Å². The molecule has 2 aliphatic rings. The summed E-state index contributed by atoms with van der Waals surface area (Å²) in [6.45, 7) is 2.64. The Labute approximate surface area is 188 Å². The Morgan fingerprint density at radius 3 is 2.79 bits per heavy atom. The van der Waals surface area contributed by atoms with Crippen LogP contribution in [0.3, 0.4) is 0 Å². The largest absolute Gasteiger partial charge is 0.355 e. The predicted octanol–water partition coefficient (Wildman–Crippen LogP) is 3.86. The number of halogens is 1. The third-order valence-electron chi connectivity index (χ3n) is 6.02. The molecule has 0 saturated heterocycles. The standard InChI is InChI=1S/C20H30N6S.HI/c1-21-19(22-14-18-25-24-17-9-3-6-12-26(17)18)23-15-20(10-4-2-5-11-20)16-8-7-13-27-16;/h7-8,13H,2-6,9-12,14-15H2,1H3,(H2,21,22,23);1H. The predicted molar refractivity (Wildman–Crippen MR) is 126 cm³/mol. The lowest BCUT2D eigenvalue weighted by Gasteiger charge is -2.37. The second-order valence-electron chi connectivity index (χ2n) is 7.74. The van der Waals surface area contributed by atoms with Gasteiger partial charge in [-0.3, -0.25) is 4.99 Å². The smallest absolute Gasteiger partial charge is 0.191 e. The fraction of sp³-hybridized carbons (Fsp3) is 0.650. The minimum atomic E-state index is 0. The van der Waals surface area contributed by atoms with Gasteiger partial charge in [0.2, 0.25) is 0 Å². The molecule has 1 saturated carbocycles. The van der Waals surface area contributed by atoms with Crippen LogP contribution in [0.2, 0.25) is 0 Å². The fourth-order valence-corrected chi connectivity index (χ4v) is 5.44. The number of aliphatic imine (C=N–C) groups is 1. The van der Waals surface area contributed by atoms with Gasteiger partial charge in [0.05, 0.1) is 6.54 Å². The zero-order valence-electron chi connectivity index (χ0n) is 16.6. The third kappa shape index (κ3) is 4.69. The van der Waals surface area contributed by atoms with Gasteiger partial charge >= 0.3 is 0 Å². The van der Waals surface area contributed by atoms with Gasteiger partial charge in [0.25, 0.3) is 0 Å². The highest BCUT2D eigenvalue weighted by atomic mass is 127. The lowest BCUT2D eigenvalue weighted by Crippen LogP contribution is -2.46. The van der Waals surface area contributed by atoms with Gasteiger partial charge in [0, 0.05) is 36.9 Å². The van der Waals surface area contributed by atoms with Gasteiger partial charge in [-0.15, -0.1) is 45.5 Å². The number of hydrogen-bond donors (Lipinski definition) is 2. The molecular weight excluding hydrogens is 483 g/mol. The van der Waals surface area contributed by atoms with Crippen LogP contribution in [0, 0.1) is 0 Å². The second kappa shape index (κ2) is 10.0. The SMILES string of the molecule is CN=C(NCc1nnc2n1CCCC2)NCC1(c2cccs2)CCCCC1.I. The second-order valence-corrected chi connectivity index (χ2v) is 8.69. The summed E-state index contributed by atoms with van der Waals surface area (Å²) in [5.41, 5.74) is 0.248. The zero-order valence-corrected chi connectivity index (χ0v) is 19.8. The monoisotopic (exact) mass is 514 g/mol. The summed E-state index contributed by atoms with van der Waals surface area (Å²) in [5.74, 6) is 2.99. The van der Waals surface area contributed by atoms with Crippen LogP contribution in [0.15, 0.2) is 22.5 Å². The van der Waals surface area contributed by atoms with Crippen LogP contribution >= 0.6 is 35.3 Å². The Kier molecular flexibility index (Phi) is 7.73. The molecule has 0 aromatic carbocycles. The van der Waals surface area contributed by atoms with Crippen molar-refractivity contribution in [2.45, 2.75) is 69.9 Å². The van der Waals surface area contributed by atoms with Crippen molar-refractivity contribution in [3.05, 3.63) is 34.0 Å². The molecule has 0 unspecified atom stereocenters. The Morgan fingerprint density at radius 2 is 2.04 bits per heavy atom. The highest BCUT2D eigenvalue weighted by Gasteiger charge is 2.34. The van der Waals surface area contributed by atoms with Gasteiger partial charge in [-0.2, -0.15) is 0 Å². The normalized spacial score (nSPS) is 18.8. The Balaban J connectivity index is 0.00000225. The Morgan fingerprint density at radius 1 is 1.18 bits per heavy atom. The molecule has 2 aromatic rings. The number of rotatable bonds is 5. The quantitative estimate of drug-likeness (QED) is 0.361. The molecule has 8 heteroatoms. The molecule has 0 bridgehead atoms. The molecule has 2 N–H and O–H groups in total. The van der Waals surface area contributed by atoms with E-state index in [0.29, 0.717) is 6.54 Å². The van der Waals surface area contributed by atoms with E-state index < -0.39 is 0 Å². The first-order chi connectivity index (χ1) is 13.3. The average Bonchev–Trinajstić information content (AvgIpc) is 3.40. The molecule has 4 rings (SSSR count). The van der Waals surface area contributed by atoms with Crippen molar-refractivity contribution in [2.24, 2.45) is 4.99 Å². The van der Waals surface area contributed by atoms with Crippen LogP contribution in [-0.4, -0.2) is 34.3 Å². The van der Waals surface area contributed by atoms with Gasteiger partial charge in [-0.25, -0.2) is 0 Å². The molecule has 28 heavy (non-hydrogen) atoms. The minimum absolute atomic E-state index is 0. The maximum Gasteiger partial charge on any atom is 0.191 e. The molecule has 3 heterocycles. The number of fused-ring (bicyclic) bond motifs is 1. The van der Waals surface area contributed by atoms with Crippen molar-refractivity contribution in [3.8, 4) is 0 Å². The molecule has 0 amide bonds. The van der Waals surface area contributed by atoms with E-state index in [4.69, 9.17) is 0 Å². The first-order valence-corrected chi connectivity index (χ1v) is 11.1. The lowest BCUT2D eigenvalue weighted by molar-refractivity contribution is 0.296. The van der Waals surface area contributed by atoms with E-state index in [0.717, 1.165) is 37.1 Å². The zero-order chi connectivity index (χ0) is 18.5. The van der Waals surface area contributed by atoms with E-state index in [1.807, 2.05) is 18.4 Å². The summed E-state index contributed by atoms with van der Waals surface area (Å²) in [5, 5.41) is 18.0. The van der Waals surface area contributed by atoms with E-state index in [1.165, 1.54) is 49.8 Å². The lowest BCUT2D eigenvalue weighted by atomic mass is 9.73. The van der Waals surface area contributed by atoms with E-state index in [9.17, 15) is 0 Å². The summed E-state index contributed by atoms with van der Waals surface area (Å²) in [6, 6.07) is 4.48. The summed E-state index contributed by atoms with van der Waals surface area (Å²) in [6.07, 6.45) is 9.99. The van der Waals surface area contributed by atoms with Crippen molar-refractivity contribution in [1.82, 2.24) is 25.4 Å². The molecule has 0 radical (unpaired) electrons. The molecule has 0 atom stereocenters. The van der Waals surface area contributed by atoms with Crippen molar-refractivity contribution < 1.29 is 0 Å². The van der Waals surface area contributed by atoms with E-state index in [1.54, 1.807) is 0 Å². The molecule has 154 valence electrons. The van der Waals surface area contributed by atoms with Crippen molar-refractivity contribution in [3.63, 3.8) is 0 Å². The number of thiophene rings is 1. The highest BCUT2D eigenvalue weighted by Crippen LogP contribution is 2.41. The van der Waals surface area contributed by atoms with Gasteiger partial charge in [-0.05, 0) is 37.1 Å². The third-order valence-corrected chi connectivity index (χ3v) is 7.14. The van der Waals surface area contributed by atoms with Crippen LogP contribution in [0.5, 0.6) is 0 Å². The maximum atomic E-state index is 4.44. The topological polar surface area (TPSA) is 67.1 Å². The van der Waals surface area contributed by atoms with E-state index in [-0.39, 0.29) is 29.4 Å². The van der Waals surface area contributed by atoms with Gasteiger partial charge in [0.1, 0.15) is 5.82 Å². The van der Waals surface area contributed by atoms with Crippen LogP contribution in [-0.2, 0) is 24.9 Å². The summed E-state index contributed by atoms with van der Waals surface area (Å²) in [7, 11) is 1.84. The summed E-state index contributed by atoms with van der Waals surface area (Å²) < 4.78 is 2.26. The van der Waals surface area contributed by atoms with Gasteiger partial charge in [0.15, 0.2) is 11.8 Å². The Hall–Kier alpha value is -1.16. The molecule has 0 spiro atoms. The molecular formula is C20H31IN6S. The average molecular weight is 514 g/mol. The maximum absolute atomic E-state index is 4.44. The number of nitrogens with one attached hydrogen (secondary N) is 2. The van der Waals surface area contributed by atoms with Crippen molar-refractivity contribution >= 4 is 41.3 Å². The van der Waals surface area contributed by atoms with Crippen LogP contribution < -0.4 is 10.6 Å². The van der Waals surface area contributed by atoms with Crippen LogP contribution in [0.25, 0.3) is 0 Å². The number of nitrogens with zero attached hydrogens (tertiary/aromatic N) is 4. The van der Waals surface area contributed by atoms with Gasteiger partial charge in [-0.1, -0.05) is 25.3 Å². The van der Waals surface area contributed by atoms with E-state index in [2.05, 4.69) is 47.9 Å². The molecule has 2 aromatic heterocycles. The first kappa shape index (κ1) is 21.5. The molecule has 1 aliphatic heterocycles. The fourth-order valence-electron chi connectivity index (χ4n) is 4.45. The van der Waals surface area contributed by atoms with Crippen molar-refractivity contribution in [1.29, 1.82) is 0 Å². The van der Waals surface area contributed by atoms with Gasteiger partial charge < -0.3 is 15.2 Å². The number of guanidine groups is 1. The highest BCUT2D eigenvalue weighted by molar-refractivity contribution is 14.0. The summed E-state index contributed by atoms with van der Waals surface area (Å²) >= 11 is 1.89. The Bertz CT molecular complexity index is 764. The summed E-state index contributed by atoms with van der Waals surface area (Å²) in [4.78, 5) is 5.95. The van der Waals surface area contributed by atoms with Crippen LogP contribution in [0.1, 0.15) is 61.5 Å². The first-order valence-electron chi connectivity index (χ1n) is 10.2. The molecule has 1 fully saturated rings. The number of aryl methyl sites for hydroxylation is 1. The number of hydrogen-bond acceptors (Lipinski definition) is 4. The van der Waals surface area contributed by atoms with E-state index >= 15 is 0 Å². The molecule has 6 nitrogen and oxygen atoms in total.